The van der Waals surface area contributed by atoms with Crippen LogP contribution >= 0.6 is 27.3 Å². The molecule has 20 heavy (non-hydrogen) atoms. The molecule has 0 saturated heterocycles. The minimum Gasteiger partial charge on any atom is -0.313 e. The van der Waals surface area contributed by atoms with Crippen molar-refractivity contribution in [1.82, 2.24) is 15.1 Å². The molecule has 5 heteroatoms. The molecule has 0 aliphatic carbocycles. The topological polar surface area (TPSA) is 29.9 Å². The highest BCUT2D eigenvalue weighted by Gasteiger charge is 2.20. The second-order valence-electron chi connectivity index (χ2n) is 4.93. The van der Waals surface area contributed by atoms with Crippen LogP contribution in [0.4, 0.5) is 0 Å². The molecule has 0 aliphatic rings. The molecular weight excluding hydrogens is 334 g/mol. The van der Waals surface area contributed by atoms with Crippen LogP contribution in [0.15, 0.2) is 15.2 Å². The van der Waals surface area contributed by atoms with Crippen LogP contribution in [0.3, 0.4) is 0 Å². The lowest BCUT2D eigenvalue weighted by molar-refractivity contribution is 0.539. The quantitative estimate of drug-likeness (QED) is 0.845. The van der Waals surface area contributed by atoms with E-state index in [0.29, 0.717) is 6.04 Å². The van der Waals surface area contributed by atoms with E-state index in [4.69, 9.17) is 0 Å². The summed E-state index contributed by atoms with van der Waals surface area (Å²) in [6.07, 6.45) is 1.91. The van der Waals surface area contributed by atoms with Gasteiger partial charge in [0.25, 0.3) is 0 Å². The molecule has 0 saturated carbocycles. The van der Waals surface area contributed by atoms with E-state index in [1.807, 2.05) is 7.05 Å². The number of hydrogen-bond acceptors (Lipinski definition) is 3. The highest BCUT2D eigenvalue weighted by Crippen LogP contribution is 2.29. The Bertz CT molecular complexity index is 574. The molecule has 2 rings (SSSR count). The number of likely N-dealkylation sites (N-methyl/N-ethyl adjacent to an activating group) is 1. The van der Waals surface area contributed by atoms with Gasteiger partial charge in [-0.3, -0.25) is 4.68 Å². The Labute approximate surface area is 133 Å². The zero-order valence-corrected chi connectivity index (χ0v) is 14.9. The van der Waals surface area contributed by atoms with E-state index in [2.05, 4.69) is 62.6 Å². The highest BCUT2D eigenvalue weighted by atomic mass is 79.9. The van der Waals surface area contributed by atoms with Crippen molar-refractivity contribution in [2.45, 2.75) is 46.2 Å². The summed E-state index contributed by atoms with van der Waals surface area (Å²) in [6.45, 7) is 7.38. The Hall–Kier alpha value is -0.650. The van der Waals surface area contributed by atoms with E-state index >= 15 is 0 Å². The van der Waals surface area contributed by atoms with E-state index in [1.54, 1.807) is 11.3 Å². The first-order valence-electron chi connectivity index (χ1n) is 7.06. The highest BCUT2D eigenvalue weighted by molar-refractivity contribution is 9.10. The van der Waals surface area contributed by atoms with Crippen molar-refractivity contribution in [2.24, 2.45) is 0 Å². The number of nitrogens with zero attached hydrogens (tertiary/aromatic N) is 2. The molecule has 1 N–H and O–H groups in total. The van der Waals surface area contributed by atoms with Gasteiger partial charge in [0.1, 0.15) is 0 Å². The summed E-state index contributed by atoms with van der Waals surface area (Å²) in [5.41, 5.74) is 5.20. The van der Waals surface area contributed by atoms with Crippen LogP contribution < -0.4 is 5.32 Å². The van der Waals surface area contributed by atoms with Crippen LogP contribution in [-0.2, 0) is 19.4 Å². The number of rotatable bonds is 6. The molecule has 0 radical (unpaired) electrons. The lowest BCUT2D eigenvalue weighted by Crippen LogP contribution is -2.21. The summed E-state index contributed by atoms with van der Waals surface area (Å²) in [5.74, 6) is 0. The first-order chi connectivity index (χ1) is 9.62. The normalized spacial score (nSPS) is 12.8. The number of aromatic nitrogens is 2. The molecule has 0 spiro atoms. The lowest BCUT2D eigenvalue weighted by Gasteiger charge is -2.17. The predicted molar refractivity (Wildman–Crippen MR) is 89.5 cm³/mol. The maximum atomic E-state index is 4.68. The molecule has 0 aromatic carbocycles. The fourth-order valence-electron chi connectivity index (χ4n) is 2.50. The summed E-state index contributed by atoms with van der Waals surface area (Å²) >= 11 is 5.50. The van der Waals surface area contributed by atoms with Gasteiger partial charge in [0.2, 0.25) is 0 Å². The maximum Gasteiger partial charge on any atom is 0.0766 e. The smallest absolute Gasteiger partial charge is 0.0766 e. The Morgan fingerprint density at radius 2 is 2.15 bits per heavy atom. The van der Waals surface area contributed by atoms with Gasteiger partial charge in [-0.25, -0.2) is 0 Å². The number of nitrogens with one attached hydrogen (secondary N) is 1. The van der Waals surface area contributed by atoms with Crippen molar-refractivity contribution in [1.29, 1.82) is 0 Å². The Balaban J connectivity index is 2.32. The van der Waals surface area contributed by atoms with Crippen molar-refractivity contribution in [3.05, 3.63) is 37.7 Å². The molecule has 1 unspecified atom stereocenters. The van der Waals surface area contributed by atoms with Crippen LogP contribution in [0.5, 0.6) is 0 Å². The van der Waals surface area contributed by atoms with E-state index in [-0.39, 0.29) is 0 Å². The first kappa shape index (κ1) is 15.7. The number of aryl methyl sites for hydroxylation is 3. The van der Waals surface area contributed by atoms with Gasteiger partial charge in [0.05, 0.1) is 15.9 Å². The van der Waals surface area contributed by atoms with E-state index in [9.17, 15) is 0 Å². The summed E-state index contributed by atoms with van der Waals surface area (Å²) in [5, 5.41) is 12.6. The van der Waals surface area contributed by atoms with Crippen LogP contribution in [0.25, 0.3) is 0 Å². The monoisotopic (exact) mass is 355 g/mol. The maximum absolute atomic E-state index is 4.68. The molecule has 0 aliphatic heterocycles. The second kappa shape index (κ2) is 6.87. The zero-order valence-electron chi connectivity index (χ0n) is 12.5. The third kappa shape index (κ3) is 3.00. The lowest BCUT2D eigenvalue weighted by atomic mass is 10.0. The molecule has 0 amide bonds. The molecule has 2 aromatic heterocycles. The summed E-state index contributed by atoms with van der Waals surface area (Å²) in [6, 6.07) is 0.337. The SMILES string of the molecule is CCc1nn(CC)c(CC(NC)c2cscc2C)c1Br. The second-order valence-corrected chi connectivity index (χ2v) is 6.47. The van der Waals surface area contributed by atoms with Gasteiger partial charge in [0.15, 0.2) is 0 Å². The van der Waals surface area contributed by atoms with E-state index < -0.39 is 0 Å². The fourth-order valence-corrected chi connectivity index (χ4v) is 4.13. The standard InChI is InChI=1S/C15H22BrN3S/c1-5-12-15(16)14(19(6-2)18-12)7-13(17-4)11-9-20-8-10(11)3/h8-9,13,17H,5-7H2,1-4H3. The molecule has 1 atom stereocenters. The largest absolute Gasteiger partial charge is 0.313 e. The van der Waals surface area contributed by atoms with E-state index in [1.165, 1.54) is 21.3 Å². The van der Waals surface area contributed by atoms with Gasteiger partial charge in [-0.05, 0) is 65.1 Å². The van der Waals surface area contributed by atoms with Crippen LogP contribution in [0.1, 0.15) is 42.4 Å². The Morgan fingerprint density at radius 1 is 1.40 bits per heavy atom. The van der Waals surface area contributed by atoms with Gasteiger partial charge in [-0.15, -0.1) is 0 Å². The van der Waals surface area contributed by atoms with Crippen LogP contribution in [0, 0.1) is 6.92 Å². The minimum atomic E-state index is 0.337. The summed E-state index contributed by atoms with van der Waals surface area (Å²) in [4.78, 5) is 0. The summed E-state index contributed by atoms with van der Waals surface area (Å²) < 4.78 is 3.30. The fraction of sp³-hybridized carbons (Fsp3) is 0.533. The molecule has 3 nitrogen and oxygen atoms in total. The average Bonchev–Trinajstić information content (AvgIpc) is 3.00. The van der Waals surface area contributed by atoms with Crippen LogP contribution in [-0.4, -0.2) is 16.8 Å². The third-order valence-electron chi connectivity index (χ3n) is 3.71. The van der Waals surface area contributed by atoms with Crippen molar-refractivity contribution >= 4 is 27.3 Å². The molecule has 2 aromatic rings. The van der Waals surface area contributed by atoms with Gasteiger partial charge in [0, 0.05) is 19.0 Å². The van der Waals surface area contributed by atoms with Crippen molar-refractivity contribution in [2.75, 3.05) is 7.05 Å². The number of halogens is 1. The third-order valence-corrected chi connectivity index (χ3v) is 5.51. The Morgan fingerprint density at radius 3 is 2.65 bits per heavy atom. The van der Waals surface area contributed by atoms with Gasteiger partial charge < -0.3 is 5.32 Å². The zero-order chi connectivity index (χ0) is 14.7. The van der Waals surface area contributed by atoms with Gasteiger partial charge in [-0.1, -0.05) is 6.92 Å². The number of thiophene rings is 1. The van der Waals surface area contributed by atoms with Crippen molar-refractivity contribution in [3.8, 4) is 0 Å². The molecular formula is C15H22BrN3S. The predicted octanol–water partition coefficient (Wildman–Crippen LogP) is 4.10. The summed E-state index contributed by atoms with van der Waals surface area (Å²) in [7, 11) is 2.03. The van der Waals surface area contributed by atoms with Crippen molar-refractivity contribution in [3.63, 3.8) is 0 Å². The van der Waals surface area contributed by atoms with Crippen molar-refractivity contribution < 1.29 is 0 Å². The molecule has 0 fully saturated rings. The van der Waals surface area contributed by atoms with E-state index in [0.717, 1.165) is 25.1 Å². The average molecular weight is 356 g/mol. The van der Waals surface area contributed by atoms with Gasteiger partial charge in [-0.2, -0.15) is 16.4 Å². The molecule has 110 valence electrons. The molecule has 0 bridgehead atoms. The van der Waals surface area contributed by atoms with Gasteiger partial charge >= 0.3 is 0 Å². The first-order valence-corrected chi connectivity index (χ1v) is 8.79. The minimum absolute atomic E-state index is 0.337. The Kier molecular flexibility index (Phi) is 5.41. The molecule has 2 heterocycles. The number of hydrogen-bond donors (Lipinski definition) is 1. The van der Waals surface area contributed by atoms with Crippen LogP contribution in [0.2, 0.25) is 0 Å².